The number of carbonyl (C=O) groups excluding carboxylic acids is 1. The molecule has 96 valence electrons. The lowest BCUT2D eigenvalue weighted by atomic mass is 10.1. The number of hydrogen-bond acceptors (Lipinski definition) is 3. The van der Waals surface area contributed by atoms with Gasteiger partial charge in [0, 0.05) is 28.8 Å². The molecular weight excluding hydrogens is 294 g/mol. The van der Waals surface area contributed by atoms with Crippen molar-refractivity contribution in [3.8, 4) is 0 Å². The fourth-order valence-corrected chi connectivity index (χ4v) is 3.24. The Bertz CT molecular complexity index is 477. The second kappa shape index (κ2) is 4.67. The van der Waals surface area contributed by atoms with Crippen LogP contribution in [0.4, 0.5) is 5.69 Å². The van der Waals surface area contributed by atoms with Crippen LogP contribution < -0.4 is 4.90 Å². The van der Waals surface area contributed by atoms with Crippen molar-refractivity contribution in [2.24, 2.45) is 0 Å². The van der Waals surface area contributed by atoms with E-state index in [1.54, 1.807) is 6.92 Å². The normalized spacial score (nSPS) is 26.4. The van der Waals surface area contributed by atoms with Crippen LogP contribution in [0, 0.1) is 0 Å². The maximum absolute atomic E-state index is 11.8. The van der Waals surface area contributed by atoms with Gasteiger partial charge in [-0.1, -0.05) is 15.9 Å². The highest BCUT2D eigenvalue weighted by Crippen LogP contribution is 2.32. The number of anilines is 1. The summed E-state index contributed by atoms with van der Waals surface area (Å²) in [5.74, 6) is 0.116. The fourth-order valence-electron chi connectivity index (χ4n) is 2.88. The van der Waals surface area contributed by atoms with Gasteiger partial charge in [0.1, 0.15) is 0 Å². The third kappa shape index (κ3) is 2.19. The van der Waals surface area contributed by atoms with E-state index in [2.05, 4.69) is 20.8 Å². The largest absolute Gasteiger partial charge is 0.371 e. The molecule has 3 rings (SSSR count). The lowest BCUT2D eigenvalue weighted by Crippen LogP contribution is -2.43. The van der Waals surface area contributed by atoms with Crippen LogP contribution in [0.25, 0.3) is 0 Å². The average molecular weight is 310 g/mol. The first-order chi connectivity index (χ1) is 8.63. The highest BCUT2D eigenvalue weighted by molar-refractivity contribution is 9.10. The standard InChI is InChI=1S/C14H16BrNO2/c1-9(17)13-6-10(15)2-5-14(13)16-7-11-3-4-12(8-16)18-11/h2,5-6,11-12H,3-4,7-8H2,1H3. The van der Waals surface area contributed by atoms with E-state index in [1.165, 1.54) is 0 Å². The third-order valence-electron chi connectivity index (χ3n) is 3.72. The minimum absolute atomic E-state index is 0.116. The quantitative estimate of drug-likeness (QED) is 0.787. The molecule has 0 radical (unpaired) electrons. The predicted octanol–water partition coefficient (Wildman–Crippen LogP) is 3.02. The van der Waals surface area contributed by atoms with E-state index in [1.807, 2.05) is 18.2 Å². The Morgan fingerprint density at radius 1 is 1.33 bits per heavy atom. The van der Waals surface area contributed by atoms with Gasteiger partial charge in [-0.2, -0.15) is 0 Å². The number of halogens is 1. The van der Waals surface area contributed by atoms with Crippen LogP contribution in [0.5, 0.6) is 0 Å². The summed E-state index contributed by atoms with van der Waals surface area (Å²) in [6.07, 6.45) is 2.97. The zero-order valence-corrected chi connectivity index (χ0v) is 11.9. The number of benzene rings is 1. The second-order valence-corrected chi connectivity index (χ2v) is 6.00. The summed E-state index contributed by atoms with van der Waals surface area (Å²) in [5.41, 5.74) is 1.84. The van der Waals surface area contributed by atoms with Crippen LogP contribution in [0.3, 0.4) is 0 Å². The van der Waals surface area contributed by atoms with Gasteiger partial charge in [0.25, 0.3) is 0 Å². The first-order valence-corrected chi connectivity index (χ1v) is 7.13. The predicted molar refractivity (Wildman–Crippen MR) is 74.3 cm³/mol. The molecule has 3 nitrogen and oxygen atoms in total. The van der Waals surface area contributed by atoms with Crippen molar-refractivity contribution in [1.82, 2.24) is 0 Å². The van der Waals surface area contributed by atoms with Crippen molar-refractivity contribution in [3.63, 3.8) is 0 Å². The number of fused-ring (bicyclic) bond motifs is 2. The molecule has 2 heterocycles. The van der Waals surface area contributed by atoms with Crippen molar-refractivity contribution >= 4 is 27.4 Å². The Hall–Kier alpha value is -0.870. The smallest absolute Gasteiger partial charge is 0.161 e. The molecule has 2 fully saturated rings. The lowest BCUT2D eigenvalue weighted by Gasteiger charge is -2.34. The van der Waals surface area contributed by atoms with Crippen molar-refractivity contribution in [3.05, 3.63) is 28.2 Å². The highest BCUT2D eigenvalue weighted by Gasteiger charge is 2.34. The van der Waals surface area contributed by atoms with Gasteiger partial charge in [0.05, 0.1) is 12.2 Å². The van der Waals surface area contributed by atoms with Crippen LogP contribution in [-0.2, 0) is 4.74 Å². The zero-order valence-electron chi connectivity index (χ0n) is 10.4. The molecule has 4 heteroatoms. The van der Waals surface area contributed by atoms with Crippen LogP contribution in [0.15, 0.2) is 22.7 Å². The monoisotopic (exact) mass is 309 g/mol. The first-order valence-electron chi connectivity index (χ1n) is 6.34. The molecule has 2 bridgehead atoms. The molecule has 0 amide bonds. The number of hydrogen-bond donors (Lipinski definition) is 0. The average Bonchev–Trinajstić information content (AvgIpc) is 2.68. The van der Waals surface area contributed by atoms with Gasteiger partial charge in [0.15, 0.2) is 5.78 Å². The Kier molecular flexibility index (Phi) is 3.16. The van der Waals surface area contributed by atoms with E-state index in [9.17, 15) is 4.79 Å². The highest BCUT2D eigenvalue weighted by atomic mass is 79.9. The van der Waals surface area contributed by atoms with E-state index in [0.29, 0.717) is 12.2 Å². The van der Waals surface area contributed by atoms with Crippen LogP contribution in [0.2, 0.25) is 0 Å². The molecule has 0 spiro atoms. The van der Waals surface area contributed by atoms with E-state index in [-0.39, 0.29) is 5.78 Å². The summed E-state index contributed by atoms with van der Waals surface area (Å²) < 4.78 is 6.79. The first kappa shape index (κ1) is 12.2. The molecule has 1 aromatic carbocycles. The summed E-state index contributed by atoms with van der Waals surface area (Å²) >= 11 is 3.43. The Morgan fingerprint density at radius 2 is 2.00 bits per heavy atom. The van der Waals surface area contributed by atoms with E-state index < -0.39 is 0 Å². The molecular formula is C14H16BrNO2. The van der Waals surface area contributed by atoms with Gasteiger partial charge in [-0.3, -0.25) is 4.79 Å². The van der Waals surface area contributed by atoms with Gasteiger partial charge in [-0.15, -0.1) is 0 Å². The van der Waals surface area contributed by atoms with Gasteiger partial charge in [-0.25, -0.2) is 0 Å². The summed E-state index contributed by atoms with van der Waals surface area (Å²) in [7, 11) is 0. The summed E-state index contributed by atoms with van der Waals surface area (Å²) in [6, 6.07) is 5.94. The van der Waals surface area contributed by atoms with Gasteiger partial charge < -0.3 is 9.64 Å². The maximum Gasteiger partial charge on any atom is 0.161 e. The Morgan fingerprint density at radius 3 is 2.61 bits per heavy atom. The molecule has 1 aromatic rings. The van der Waals surface area contributed by atoms with Crippen LogP contribution in [-0.4, -0.2) is 31.1 Å². The van der Waals surface area contributed by atoms with E-state index in [4.69, 9.17) is 4.74 Å². The Balaban J connectivity index is 1.94. The molecule has 0 N–H and O–H groups in total. The molecule has 0 aliphatic carbocycles. The van der Waals surface area contributed by atoms with Crippen molar-refractivity contribution in [1.29, 1.82) is 0 Å². The topological polar surface area (TPSA) is 29.5 Å². The van der Waals surface area contributed by atoms with E-state index in [0.717, 1.165) is 41.7 Å². The molecule has 0 aromatic heterocycles. The lowest BCUT2D eigenvalue weighted by molar-refractivity contribution is 0.0304. The fraction of sp³-hybridized carbons (Fsp3) is 0.500. The summed E-state index contributed by atoms with van der Waals surface area (Å²) in [6.45, 7) is 3.43. The molecule has 0 saturated carbocycles. The van der Waals surface area contributed by atoms with E-state index >= 15 is 0 Å². The van der Waals surface area contributed by atoms with Gasteiger partial charge in [-0.05, 0) is 38.0 Å². The van der Waals surface area contributed by atoms with Crippen LogP contribution in [0.1, 0.15) is 30.1 Å². The molecule has 2 saturated heterocycles. The number of morpholine rings is 1. The Labute approximate surface area is 115 Å². The maximum atomic E-state index is 11.8. The number of ketones is 1. The van der Waals surface area contributed by atoms with Crippen molar-refractivity contribution in [2.75, 3.05) is 18.0 Å². The molecule has 2 aliphatic rings. The molecule has 2 atom stereocenters. The number of nitrogens with zero attached hydrogens (tertiary/aromatic N) is 1. The van der Waals surface area contributed by atoms with Gasteiger partial charge in [0.2, 0.25) is 0 Å². The SMILES string of the molecule is CC(=O)c1cc(Br)ccc1N1CC2CCC(C1)O2. The molecule has 2 aliphatic heterocycles. The number of ether oxygens (including phenoxy) is 1. The summed E-state index contributed by atoms with van der Waals surface area (Å²) in [5, 5.41) is 0. The van der Waals surface area contributed by atoms with Crippen LogP contribution >= 0.6 is 15.9 Å². The van der Waals surface area contributed by atoms with Crippen molar-refractivity contribution < 1.29 is 9.53 Å². The summed E-state index contributed by atoms with van der Waals surface area (Å²) in [4.78, 5) is 14.1. The van der Waals surface area contributed by atoms with Gasteiger partial charge >= 0.3 is 0 Å². The minimum atomic E-state index is 0.116. The number of rotatable bonds is 2. The molecule has 18 heavy (non-hydrogen) atoms. The zero-order chi connectivity index (χ0) is 12.7. The minimum Gasteiger partial charge on any atom is -0.371 e. The molecule has 2 unspecified atom stereocenters. The number of Topliss-reactive ketones (excluding diaryl/α,β-unsaturated/α-hetero) is 1. The third-order valence-corrected chi connectivity index (χ3v) is 4.22. The van der Waals surface area contributed by atoms with Crippen molar-refractivity contribution in [2.45, 2.75) is 32.0 Å². The second-order valence-electron chi connectivity index (χ2n) is 5.08. The number of carbonyl (C=O) groups is 1.